The first-order valence-electron chi connectivity index (χ1n) is 8.05. The van der Waals surface area contributed by atoms with Gasteiger partial charge in [0.05, 0.1) is 7.11 Å². The van der Waals surface area contributed by atoms with Crippen molar-refractivity contribution in [2.24, 2.45) is 7.05 Å². The third-order valence-electron chi connectivity index (χ3n) is 3.91. The minimum Gasteiger partial charge on any atom is -0.497 e. The highest BCUT2D eigenvalue weighted by molar-refractivity contribution is 5.92. The molecule has 5 heteroatoms. The van der Waals surface area contributed by atoms with Gasteiger partial charge in [0.2, 0.25) is 0 Å². The second-order valence-electron chi connectivity index (χ2n) is 5.71. The highest BCUT2D eigenvalue weighted by Crippen LogP contribution is 2.16. The first-order valence-corrected chi connectivity index (χ1v) is 8.05. The first kappa shape index (κ1) is 17.1. The van der Waals surface area contributed by atoms with Gasteiger partial charge in [-0.3, -0.25) is 9.48 Å². The molecule has 1 atom stereocenters. The molecule has 0 bridgehead atoms. The molecule has 1 aromatic heterocycles. The van der Waals surface area contributed by atoms with Crippen LogP contribution in [-0.4, -0.2) is 28.8 Å². The maximum Gasteiger partial charge on any atom is 0.269 e. The maximum absolute atomic E-state index is 12.4. The number of methoxy groups -OCH3 is 1. The van der Waals surface area contributed by atoms with Crippen molar-refractivity contribution in [2.45, 2.75) is 38.6 Å². The van der Waals surface area contributed by atoms with E-state index < -0.39 is 0 Å². The van der Waals surface area contributed by atoms with Gasteiger partial charge in [-0.1, -0.05) is 31.9 Å². The van der Waals surface area contributed by atoms with E-state index in [1.54, 1.807) is 31.1 Å². The lowest BCUT2D eigenvalue weighted by atomic mass is 10.0. The van der Waals surface area contributed by atoms with Crippen molar-refractivity contribution >= 4 is 5.91 Å². The van der Waals surface area contributed by atoms with Gasteiger partial charge in [0.1, 0.15) is 11.4 Å². The number of carbonyl (C=O) groups excluding carboxylic acids is 1. The summed E-state index contributed by atoms with van der Waals surface area (Å²) in [5.74, 6) is 0.767. The zero-order valence-electron chi connectivity index (χ0n) is 14.1. The Kier molecular flexibility index (Phi) is 6.20. The van der Waals surface area contributed by atoms with Crippen LogP contribution in [0, 0.1) is 0 Å². The topological polar surface area (TPSA) is 56.1 Å². The summed E-state index contributed by atoms with van der Waals surface area (Å²) < 4.78 is 6.87. The summed E-state index contributed by atoms with van der Waals surface area (Å²) in [5, 5.41) is 7.19. The molecule has 0 aliphatic heterocycles. The van der Waals surface area contributed by atoms with Crippen LogP contribution in [0.2, 0.25) is 0 Å². The van der Waals surface area contributed by atoms with Gasteiger partial charge in [-0.15, -0.1) is 0 Å². The average Bonchev–Trinajstić information content (AvgIpc) is 2.99. The van der Waals surface area contributed by atoms with Crippen LogP contribution in [0.4, 0.5) is 0 Å². The number of nitrogens with zero attached hydrogens (tertiary/aromatic N) is 2. The number of unbranched alkanes of at least 4 members (excludes halogenated alkanes) is 1. The number of ether oxygens (including phenoxy) is 1. The van der Waals surface area contributed by atoms with Gasteiger partial charge < -0.3 is 10.1 Å². The molecule has 0 unspecified atom stereocenters. The number of aromatic nitrogens is 2. The molecule has 124 valence electrons. The van der Waals surface area contributed by atoms with Crippen molar-refractivity contribution in [1.29, 1.82) is 0 Å². The Morgan fingerprint density at radius 2 is 2.22 bits per heavy atom. The Hall–Kier alpha value is -2.30. The first-order chi connectivity index (χ1) is 11.1. The zero-order valence-corrected chi connectivity index (χ0v) is 14.1. The number of benzene rings is 1. The standard InChI is InChI=1S/C18H25N3O2/c1-4-5-8-15(12-14-7-6-9-16(13-14)23-3)20-18(22)17-10-11-19-21(17)2/h6-7,9-11,13,15H,4-5,8,12H2,1-3H3,(H,20,22)/t15-/m0/s1. The monoisotopic (exact) mass is 315 g/mol. The molecule has 0 aliphatic carbocycles. The Balaban J connectivity index is 2.06. The fourth-order valence-corrected chi connectivity index (χ4v) is 2.62. The van der Waals surface area contributed by atoms with E-state index in [1.165, 1.54) is 0 Å². The molecule has 0 spiro atoms. The Bertz CT molecular complexity index is 637. The van der Waals surface area contributed by atoms with Gasteiger partial charge >= 0.3 is 0 Å². The SMILES string of the molecule is CCCC[C@@H](Cc1cccc(OC)c1)NC(=O)c1ccnn1C. The van der Waals surface area contributed by atoms with E-state index in [0.29, 0.717) is 5.69 Å². The Labute approximate surface area is 137 Å². The van der Waals surface area contributed by atoms with E-state index in [2.05, 4.69) is 23.4 Å². The molecule has 1 amide bonds. The molecule has 1 heterocycles. The minimum atomic E-state index is -0.0750. The van der Waals surface area contributed by atoms with E-state index in [0.717, 1.165) is 37.0 Å². The maximum atomic E-state index is 12.4. The van der Waals surface area contributed by atoms with Crippen LogP contribution >= 0.6 is 0 Å². The minimum absolute atomic E-state index is 0.0750. The zero-order chi connectivity index (χ0) is 16.7. The van der Waals surface area contributed by atoms with E-state index in [9.17, 15) is 4.79 Å². The van der Waals surface area contributed by atoms with Crippen molar-refractivity contribution in [3.05, 3.63) is 47.8 Å². The van der Waals surface area contributed by atoms with E-state index in [4.69, 9.17) is 4.74 Å². The van der Waals surface area contributed by atoms with Gasteiger partial charge in [-0.25, -0.2) is 0 Å². The highest BCUT2D eigenvalue weighted by Gasteiger charge is 2.16. The highest BCUT2D eigenvalue weighted by atomic mass is 16.5. The summed E-state index contributed by atoms with van der Waals surface area (Å²) in [6.45, 7) is 2.16. The summed E-state index contributed by atoms with van der Waals surface area (Å²) in [6, 6.07) is 9.83. The second kappa shape index (κ2) is 8.36. The van der Waals surface area contributed by atoms with Gasteiger partial charge in [0.15, 0.2) is 0 Å². The van der Waals surface area contributed by atoms with E-state index in [1.807, 2.05) is 18.2 Å². The summed E-state index contributed by atoms with van der Waals surface area (Å²) >= 11 is 0. The molecule has 0 radical (unpaired) electrons. The van der Waals surface area contributed by atoms with Crippen LogP contribution < -0.4 is 10.1 Å². The smallest absolute Gasteiger partial charge is 0.269 e. The van der Waals surface area contributed by atoms with Crippen LogP contribution in [0.3, 0.4) is 0 Å². The lowest BCUT2D eigenvalue weighted by Gasteiger charge is -2.19. The average molecular weight is 315 g/mol. The molecule has 5 nitrogen and oxygen atoms in total. The van der Waals surface area contributed by atoms with Crippen LogP contribution in [0.1, 0.15) is 42.2 Å². The molecular formula is C18H25N3O2. The number of rotatable bonds is 8. The molecule has 1 N–H and O–H groups in total. The number of carbonyl (C=O) groups is 1. The summed E-state index contributed by atoms with van der Waals surface area (Å²) in [6.07, 6.45) is 5.58. The van der Waals surface area contributed by atoms with Crippen LogP contribution in [0.5, 0.6) is 5.75 Å². The largest absolute Gasteiger partial charge is 0.497 e. The van der Waals surface area contributed by atoms with Gasteiger partial charge in [-0.2, -0.15) is 5.10 Å². The summed E-state index contributed by atoms with van der Waals surface area (Å²) in [5.41, 5.74) is 1.74. The normalized spacial score (nSPS) is 12.0. The quantitative estimate of drug-likeness (QED) is 0.815. The Morgan fingerprint density at radius 1 is 1.39 bits per heavy atom. The Morgan fingerprint density at radius 3 is 2.87 bits per heavy atom. The van der Waals surface area contributed by atoms with Crippen LogP contribution in [0.25, 0.3) is 0 Å². The fraction of sp³-hybridized carbons (Fsp3) is 0.444. The number of hydrogen-bond acceptors (Lipinski definition) is 3. The van der Waals surface area contributed by atoms with Crippen molar-refractivity contribution < 1.29 is 9.53 Å². The lowest BCUT2D eigenvalue weighted by molar-refractivity contribution is 0.0925. The van der Waals surface area contributed by atoms with Crippen molar-refractivity contribution in [2.75, 3.05) is 7.11 Å². The molecule has 0 aliphatic rings. The molecular weight excluding hydrogens is 290 g/mol. The van der Waals surface area contributed by atoms with Crippen molar-refractivity contribution in [1.82, 2.24) is 15.1 Å². The van der Waals surface area contributed by atoms with E-state index >= 15 is 0 Å². The molecule has 0 saturated carbocycles. The van der Waals surface area contributed by atoms with Crippen LogP contribution in [-0.2, 0) is 13.5 Å². The van der Waals surface area contributed by atoms with Gasteiger partial charge in [0, 0.05) is 19.3 Å². The predicted octanol–water partition coefficient (Wildman–Crippen LogP) is 2.96. The van der Waals surface area contributed by atoms with Gasteiger partial charge in [-0.05, 0) is 36.6 Å². The molecule has 1 aromatic carbocycles. The number of aryl methyl sites for hydroxylation is 1. The molecule has 2 aromatic rings. The molecule has 23 heavy (non-hydrogen) atoms. The summed E-state index contributed by atoms with van der Waals surface area (Å²) in [4.78, 5) is 12.4. The van der Waals surface area contributed by atoms with Crippen LogP contribution in [0.15, 0.2) is 36.5 Å². The van der Waals surface area contributed by atoms with Crippen molar-refractivity contribution in [3.63, 3.8) is 0 Å². The van der Waals surface area contributed by atoms with E-state index in [-0.39, 0.29) is 11.9 Å². The molecule has 0 saturated heterocycles. The second-order valence-corrected chi connectivity index (χ2v) is 5.71. The van der Waals surface area contributed by atoms with Crippen molar-refractivity contribution in [3.8, 4) is 5.75 Å². The lowest BCUT2D eigenvalue weighted by Crippen LogP contribution is -2.37. The van der Waals surface area contributed by atoms with Gasteiger partial charge in [0.25, 0.3) is 5.91 Å². The fourth-order valence-electron chi connectivity index (χ4n) is 2.62. The molecule has 2 rings (SSSR count). The molecule has 0 fully saturated rings. The summed E-state index contributed by atoms with van der Waals surface area (Å²) in [7, 11) is 3.44. The predicted molar refractivity (Wildman–Crippen MR) is 90.7 cm³/mol. The third kappa shape index (κ3) is 4.84. The number of amides is 1. The third-order valence-corrected chi connectivity index (χ3v) is 3.91. The number of hydrogen-bond donors (Lipinski definition) is 1. The number of nitrogens with one attached hydrogen (secondary N) is 1.